The maximum Gasteiger partial charge on any atom is 0.247 e. The van der Waals surface area contributed by atoms with Gasteiger partial charge in [-0.1, -0.05) is 50.9 Å². The van der Waals surface area contributed by atoms with Crippen molar-refractivity contribution in [3.05, 3.63) is 29.3 Å². The number of aryl methyl sites for hydroxylation is 1. The molecule has 0 N–H and O–H groups in total. The smallest absolute Gasteiger partial charge is 0.247 e. The van der Waals surface area contributed by atoms with Crippen LogP contribution in [0.3, 0.4) is 0 Å². The predicted octanol–water partition coefficient (Wildman–Crippen LogP) is 5.88. The summed E-state index contributed by atoms with van der Waals surface area (Å²) in [5.74, 6) is 0.199. The molecule has 0 fully saturated rings. The van der Waals surface area contributed by atoms with E-state index in [4.69, 9.17) is 28.0 Å². The van der Waals surface area contributed by atoms with E-state index in [-0.39, 0.29) is 12.6 Å². The van der Waals surface area contributed by atoms with Crippen LogP contribution in [-0.4, -0.2) is 24.2 Å². The monoisotopic (exact) mass is 400 g/mol. The first-order valence-electron chi connectivity index (χ1n) is 9.35. The second-order valence-electron chi connectivity index (χ2n) is 6.13. The Morgan fingerprint density at radius 2 is 2.08 bits per heavy atom. The molecule has 0 aromatic heterocycles. The van der Waals surface area contributed by atoms with Crippen molar-refractivity contribution in [3.63, 3.8) is 0 Å². The zero-order valence-electron chi connectivity index (χ0n) is 16.0. The lowest BCUT2D eigenvalue weighted by Gasteiger charge is -2.26. The fourth-order valence-corrected chi connectivity index (χ4v) is 2.80. The van der Waals surface area contributed by atoms with Crippen LogP contribution in [0, 0.1) is 0 Å². The Hall–Kier alpha value is -1.26. The second kappa shape index (κ2) is 13.0. The Morgan fingerprint density at radius 1 is 1.31 bits per heavy atom. The van der Waals surface area contributed by atoms with Gasteiger partial charge in [-0.05, 0) is 42.9 Å². The van der Waals surface area contributed by atoms with Gasteiger partial charge in [-0.15, -0.1) is 23.2 Å². The van der Waals surface area contributed by atoms with Gasteiger partial charge in [0, 0.05) is 12.1 Å². The molecule has 0 saturated heterocycles. The molecule has 0 aliphatic heterocycles. The minimum atomic E-state index is -0.600. The maximum atomic E-state index is 12.8. The third-order valence-corrected chi connectivity index (χ3v) is 4.94. The third-order valence-electron chi connectivity index (χ3n) is 4.14. The molecular weight excluding hydrogens is 371 g/mol. The minimum absolute atomic E-state index is 0.0328. The number of anilines is 1. The van der Waals surface area contributed by atoms with E-state index in [1.807, 2.05) is 32.0 Å². The second-order valence-corrected chi connectivity index (χ2v) is 6.93. The van der Waals surface area contributed by atoms with Crippen molar-refractivity contribution in [1.82, 2.24) is 0 Å². The molecule has 0 radical (unpaired) electrons. The van der Waals surface area contributed by atoms with Crippen LogP contribution in [0.2, 0.25) is 0 Å². The summed E-state index contributed by atoms with van der Waals surface area (Å²) >= 11 is 12.2. The first kappa shape index (κ1) is 22.8. The number of alkyl halides is 2. The number of nitrogens with zero attached hydrogens (tertiary/aromatic N) is 2. The standard InChI is InChI=1S/C20H30Cl2N2O2/c1-4-7-8-9-12-23-26-15-24(20(25)18(22)6-3)19-13-16(14-21)10-11-17(19)5-2/h10-13,18H,4-9,14-15H2,1-3H3. The summed E-state index contributed by atoms with van der Waals surface area (Å²) in [4.78, 5) is 19.7. The quantitative estimate of drug-likeness (QED) is 0.144. The minimum Gasteiger partial charge on any atom is -0.374 e. The highest BCUT2D eigenvalue weighted by molar-refractivity contribution is 6.32. The molecule has 0 aliphatic rings. The van der Waals surface area contributed by atoms with E-state index in [1.165, 1.54) is 12.8 Å². The fourth-order valence-electron chi connectivity index (χ4n) is 2.52. The zero-order chi connectivity index (χ0) is 19.4. The van der Waals surface area contributed by atoms with Crippen molar-refractivity contribution in [2.45, 2.75) is 70.6 Å². The number of carbonyl (C=O) groups is 1. The first-order chi connectivity index (χ1) is 12.6. The molecule has 1 aromatic carbocycles. The van der Waals surface area contributed by atoms with Crippen molar-refractivity contribution >= 4 is 41.0 Å². The average Bonchev–Trinajstić information content (AvgIpc) is 2.68. The van der Waals surface area contributed by atoms with Crippen molar-refractivity contribution < 1.29 is 9.63 Å². The highest BCUT2D eigenvalue weighted by Gasteiger charge is 2.25. The van der Waals surface area contributed by atoms with Crippen molar-refractivity contribution in [1.29, 1.82) is 0 Å². The molecule has 4 nitrogen and oxygen atoms in total. The van der Waals surface area contributed by atoms with Gasteiger partial charge in [0.25, 0.3) is 0 Å². The number of benzene rings is 1. The summed E-state index contributed by atoms with van der Waals surface area (Å²) in [7, 11) is 0. The molecule has 1 aromatic rings. The molecule has 146 valence electrons. The van der Waals surface area contributed by atoms with Crippen LogP contribution in [0.5, 0.6) is 0 Å². The van der Waals surface area contributed by atoms with Crippen molar-refractivity contribution in [3.8, 4) is 0 Å². The Balaban J connectivity index is 2.94. The number of oxime groups is 1. The molecule has 6 heteroatoms. The lowest BCUT2D eigenvalue weighted by atomic mass is 10.1. The third kappa shape index (κ3) is 7.16. The lowest BCUT2D eigenvalue weighted by Crippen LogP contribution is -2.38. The van der Waals surface area contributed by atoms with Gasteiger partial charge in [-0.2, -0.15) is 0 Å². The number of hydrogen-bond donors (Lipinski definition) is 0. The van der Waals surface area contributed by atoms with Crippen LogP contribution in [0.4, 0.5) is 5.69 Å². The molecule has 0 heterocycles. The number of halogens is 2. The summed E-state index contributed by atoms with van der Waals surface area (Å²) in [6.45, 7) is 6.13. The Kier molecular flexibility index (Phi) is 11.4. The van der Waals surface area contributed by atoms with Crippen LogP contribution in [-0.2, 0) is 21.9 Å². The van der Waals surface area contributed by atoms with Crippen LogP contribution < -0.4 is 4.90 Å². The summed E-state index contributed by atoms with van der Waals surface area (Å²) in [6.07, 6.45) is 7.40. The van der Waals surface area contributed by atoms with Gasteiger partial charge in [0.05, 0.1) is 5.69 Å². The summed E-state index contributed by atoms with van der Waals surface area (Å²) in [6, 6.07) is 5.90. The number of unbranched alkanes of at least 4 members (excludes halogenated alkanes) is 3. The molecule has 1 rings (SSSR count). The average molecular weight is 401 g/mol. The molecule has 1 amide bonds. The molecule has 0 aliphatic carbocycles. The molecule has 26 heavy (non-hydrogen) atoms. The van der Waals surface area contributed by atoms with Crippen LogP contribution in [0.1, 0.15) is 64.0 Å². The largest absolute Gasteiger partial charge is 0.374 e. The molecule has 0 bridgehead atoms. The van der Waals surface area contributed by atoms with E-state index in [9.17, 15) is 4.79 Å². The highest BCUT2D eigenvalue weighted by atomic mass is 35.5. The van der Waals surface area contributed by atoms with Gasteiger partial charge >= 0.3 is 0 Å². The number of amides is 1. The normalized spacial score (nSPS) is 12.3. The molecular formula is C20H30Cl2N2O2. The zero-order valence-corrected chi connectivity index (χ0v) is 17.5. The van der Waals surface area contributed by atoms with E-state index in [0.717, 1.165) is 36.1 Å². The summed E-state index contributed by atoms with van der Waals surface area (Å²) in [5, 5.41) is 3.39. The van der Waals surface area contributed by atoms with Crippen molar-refractivity contribution in [2.24, 2.45) is 5.16 Å². The lowest BCUT2D eigenvalue weighted by molar-refractivity contribution is -0.119. The van der Waals surface area contributed by atoms with Gasteiger partial charge in [-0.25, -0.2) is 0 Å². The summed E-state index contributed by atoms with van der Waals surface area (Å²) < 4.78 is 0. The SMILES string of the molecule is CCCCCC=NOCN(C(=O)C(Cl)CC)c1cc(CCl)ccc1CC. The van der Waals surface area contributed by atoms with Crippen molar-refractivity contribution in [2.75, 3.05) is 11.6 Å². The van der Waals surface area contributed by atoms with Crippen LogP contribution >= 0.6 is 23.2 Å². The summed E-state index contributed by atoms with van der Waals surface area (Å²) in [5.41, 5.74) is 2.78. The van der Waals surface area contributed by atoms with Gasteiger partial charge in [0.1, 0.15) is 5.38 Å². The number of hydrogen-bond acceptors (Lipinski definition) is 3. The Bertz CT molecular complexity index is 579. The van der Waals surface area contributed by atoms with Gasteiger partial charge in [-0.3, -0.25) is 9.69 Å². The van der Waals surface area contributed by atoms with Crippen LogP contribution in [0.15, 0.2) is 23.4 Å². The van der Waals surface area contributed by atoms with E-state index < -0.39 is 5.38 Å². The molecule has 1 unspecified atom stereocenters. The number of carbonyl (C=O) groups excluding carboxylic acids is 1. The molecule has 0 spiro atoms. The Labute approximate surface area is 167 Å². The predicted molar refractivity (Wildman–Crippen MR) is 111 cm³/mol. The van der Waals surface area contributed by atoms with E-state index in [2.05, 4.69) is 12.1 Å². The van der Waals surface area contributed by atoms with E-state index in [1.54, 1.807) is 11.1 Å². The van der Waals surface area contributed by atoms with Gasteiger partial charge in [0.15, 0.2) is 6.73 Å². The molecule has 1 atom stereocenters. The topological polar surface area (TPSA) is 41.9 Å². The maximum absolute atomic E-state index is 12.8. The Morgan fingerprint density at radius 3 is 2.69 bits per heavy atom. The van der Waals surface area contributed by atoms with Crippen LogP contribution in [0.25, 0.3) is 0 Å². The number of rotatable bonds is 12. The van der Waals surface area contributed by atoms with Gasteiger partial charge in [0.2, 0.25) is 5.91 Å². The highest BCUT2D eigenvalue weighted by Crippen LogP contribution is 2.26. The van der Waals surface area contributed by atoms with E-state index >= 15 is 0 Å². The fraction of sp³-hybridized carbons (Fsp3) is 0.600. The van der Waals surface area contributed by atoms with E-state index in [0.29, 0.717) is 12.3 Å². The molecule has 0 saturated carbocycles. The van der Waals surface area contributed by atoms with Gasteiger partial charge < -0.3 is 4.84 Å². The first-order valence-corrected chi connectivity index (χ1v) is 10.3.